The summed E-state index contributed by atoms with van der Waals surface area (Å²) in [5.74, 6) is 0.686. The molecule has 0 spiro atoms. The van der Waals surface area contributed by atoms with Crippen LogP contribution in [0.1, 0.15) is 24.3 Å². The van der Waals surface area contributed by atoms with Crippen molar-refractivity contribution in [1.29, 1.82) is 0 Å². The first-order valence-corrected chi connectivity index (χ1v) is 5.20. The predicted molar refractivity (Wildman–Crippen MR) is 56.3 cm³/mol. The monoisotopic (exact) mass is 195 g/mol. The molecule has 1 aromatic carbocycles. The van der Waals surface area contributed by atoms with E-state index in [1.807, 2.05) is 12.1 Å². The van der Waals surface area contributed by atoms with Gasteiger partial charge < -0.3 is 5.32 Å². The largest absolute Gasteiger partial charge is 0.316 e. The van der Waals surface area contributed by atoms with Crippen LogP contribution in [0, 0.1) is 0 Å². The highest BCUT2D eigenvalue weighted by Crippen LogP contribution is 2.24. The van der Waals surface area contributed by atoms with Crippen molar-refractivity contribution in [2.75, 3.05) is 13.1 Å². The first-order valence-electron chi connectivity index (χ1n) is 4.82. The molecule has 1 fully saturated rings. The number of nitrogens with one attached hydrogen (secondary N) is 1. The first-order chi connectivity index (χ1) is 6.36. The van der Waals surface area contributed by atoms with Crippen molar-refractivity contribution in [3.8, 4) is 0 Å². The van der Waals surface area contributed by atoms with E-state index in [2.05, 4.69) is 17.4 Å². The maximum absolute atomic E-state index is 5.83. The Morgan fingerprint density at radius 2 is 2.00 bits per heavy atom. The molecule has 70 valence electrons. The zero-order valence-corrected chi connectivity index (χ0v) is 8.35. The van der Waals surface area contributed by atoms with Gasteiger partial charge in [-0.3, -0.25) is 0 Å². The lowest BCUT2D eigenvalue weighted by Gasteiger charge is -2.22. The molecule has 1 aromatic rings. The summed E-state index contributed by atoms with van der Waals surface area (Å²) in [5, 5.41) is 4.24. The molecule has 0 saturated carbocycles. The first kappa shape index (κ1) is 9.04. The van der Waals surface area contributed by atoms with Crippen LogP contribution in [-0.2, 0) is 0 Å². The third-order valence-electron chi connectivity index (χ3n) is 2.64. The molecule has 0 aliphatic carbocycles. The molecule has 13 heavy (non-hydrogen) atoms. The van der Waals surface area contributed by atoms with Gasteiger partial charge in [0, 0.05) is 11.6 Å². The Morgan fingerprint density at radius 1 is 1.23 bits per heavy atom. The van der Waals surface area contributed by atoms with E-state index in [1.54, 1.807) is 0 Å². The Bertz CT molecular complexity index is 262. The van der Waals surface area contributed by atoms with Gasteiger partial charge in [0.05, 0.1) is 0 Å². The fraction of sp³-hybridized carbons (Fsp3) is 0.455. The molecular weight excluding hydrogens is 182 g/mol. The predicted octanol–water partition coefficient (Wildman–Crippen LogP) is 2.81. The molecule has 1 heterocycles. The molecule has 1 nitrogen and oxygen atoms in total. The van der Waals surface area contributed by atoms with Gasteiger partial charge in [0.25, 0.3) is 0 Å². The van der Waals surface area contributed by atoms with E-state index in [4.69, 9.17) is 11.6 Å². The Balaban J connectivity index is 2.10. The van der Waals surface area contributed by atoms with Crippen molar-refractivity contribution < 1.29 is 0 Å². The van der Waals surface area contributed by atoms with E-state index in [0.29, 0.717) is 5.92 Å². The van der Waals surface area contributed by atoms with Crippen molar-refractivity contribution in [3.63, 3.8) is 0 Å². The second-order valence-electron chi connectivity index (χ2n) is 3.59. The number of hydrogen-bond donors (Lipinski definition) is 1. The Hall–Kier alpha value is -0.530. The van der Waals surface area contributed by atoms with E-state index in [9.17, 15) is 0 Å². The fourth-order valence-corrected chi connectivity index (χ4v) is 2.00. The zero-order valence-electron chi connectivity index (χ0n) is 7.59. The normalized spacial score (nSPS) is 23.0. The van der Waals surface area contributed by atoms with E-state index >= 15 is 0 Å². The van der Waals surface area contributed by atoms with Crippen molar-refractivity contribution in [2.45, 2.75) is 18.8 Å². The molecule has 1 atom stereocenters. The standard InChI is InChI=1S/C11H14ClN/c12-11-5-3-9(4-6-11)10-2-1-7-13-8-10/h3-6,10,13H,1-2,7-8H2/t10-/m1/s1. The lowest BCUT2D eigenvalue weighted by molar-refractivity contribution is 0.461. The minimum absolute atomic E-state index is 0.686. The molecule has 1 aliphatic rings. The summed E-state index contributed by atoms with van der Waals surface area (Å²) in [6.07, 6.45) is 2.59. The van der Waals surface area contributed by atoms with Gasteiger partial charge in [-0.1, -0.05) is 23.7 Å². The van der Waals surface area contributed by atoms with Crippen molar-refractivity contribution in [3.05, 3.63) is 34.9 Å². The second-order valence-corrected chi connectivity index (χ2v) is 4.03. The van der Waals surface area contributed by atoms with Crippen molar-refractivity contribution >= 4 is 11.6 Å². The maximum Gasteiger partial charge on any atom is 0.0406 e. The average Bonchev–Trinajstić information content (AvgIpc) is 2.20. The minimum Gasteiger partial charge on any atom is -0.316 e. The van der Waals surface area contributed by atoms with Crippen LogP contribution in [0.2, 0.25) is 5.02 Å². The summed E-state index contributed by atoms with van der Waals surface area (Å²) < 4.78 is 0. The van der Waals surface area contributed by atoms with E-state index < -0.39 is 0 Å². The van der Waals surface area contributed by atoms with Gasteiger partial charge in [-0.2, -0.15) is 0 Å². The van der Waals surface area contributed by atoms with Crippen LogP contribution >= 0.6 is 11.6 Å². The number of benzene rings is 1. The van der Waals surface area contributed by atoms with E-state index in [1.165, 1.54) is 24.9 Å². The maximum atomic E-state index is 5.83. The molecule has 0 unspecified atom stereocenters. The average molecular weight is 196 g/mol. The highest BCUT2D eigenvalue weighted by atomic mass is 35.5. The van der Waals surface area contributed by atoms with Crippen molar-refractivity contribution in [2.24, 2.45) is 0 Å². The van der Waals surface area contributed by atoms with Gasteiger partial charge in [-0.15, -0.1) is 0 Å². The number of hydrogen-bond acceptors (Lipinski definition) is 1. The minimum atomic E-state index is 0.686. The molecule has 1 N–H and O–H groups in total. The molecule has 2 rings (SSSR count). The smallest absolute Gasteiger partial charge is 0.0406 e. The van der Waals surface area contributed by atoms with Crippen LogP contribution in [-0.4, -0.2) is 13.1 Å². The van der Waals surface area contributed by atoms with Crippen LogP contribution in [0.3, 0.4) is 0 Å². The highest BCUT2D eigenvalue weighted by molar-refractivity contribution is 6.30. The number of halogens is 1. The van der Waals surface area contributed by atoms with Crippen LogP contribution in [0.15, 0.2) is 24.3 Å². The van der Waals surface area contributed by atoms with Crippen LogP contribution in [0.4, 0.5) is 0 Å². The summed E-state index contributed by atoms with van der Waals surface area (Å²) >= 11 is 5.83. The van der Waals surface area contributed by atoms with Gasteiger partial charge in [0.15, 0.2) is 0 Å². The Labute approximate surface area is 84.1 Å². The Morgan fingerprint density at radius 3 is 2.62 bits per heavy atom. The summed E-state index contributed by atoms with van der Waals surface area (Å²) in [6.45, 7) is 2.28. The molecule has 1 aliphatic heterocycles. The van der Waals surface area contributed by atoms with Crippen molar-refractivity contribution in [1.82, 2.24) is 5.32 Å². The quantitative estimate of drug-likeness (QED) is 0.727. The van der Waals surface area contributed by atoms with Gasteiger partial charge >= 0.3 is 0 Å². The molecule has 0 radical (unpaired) electrons. The van der Waals surface area contributed by atoms with Gasteiger partial charge in [-0.25, -0.2) is 0 Å². The fourth-order valence-electron chi connectivity index (χ4n) is 1.87. The molecular formula is C11H14ClN. The molecule has 0 bridgehead atoms. The van der Waals surface area contributed by atoms with Crippen LogP contribution < -0.4 is 5.32 Å². The lowest BCUT2D eigenvalue weighted by Crippen LogP contribution is -2.28. The van der Waals surface area contributed by atoms with Crippen LogP contribution in [0.5, 0.6) is 0 Å². The number of rotatable bonds is 1. The summed E-state index contributed by atoms with van der Waals surface area (Å²) in [4.78, 5) is 0. The summed E-state index contributed by atoms with van der Waals surface area (Å²) in [7, 11) is 0. The topological polar surface area (TPSA) is 12.0 Å². The molecule has 0 amide bonds. The van der Waals surface area contributed by atoms with Gasteiger partial charge in [-0.05, 0) is 43.0 Å². The van der Waals surface area contributed by atoms with Crippen LogP contribution in [0.25, 0.3) is 0 Å². The van der Waals surface area contributed by atoms with E-state index in [0.717, 1.165) is 11.6 Å². The van der Waals surface area contributed by atoms with Gasteiger partial charge in [0.2, 0.25) is 0 Å². The molecule has 0 aromatic heterocycles. The molecule has 1 saturated heterocycles. The third-order valence-corrected chi connectivity index (χ3v) is 2.89. The van der Waals surface area contributed by atoms with E-state index in [-0.39, 0.29) is 0 Å². The SMILES string of the molecule is Clc1ccc([C@@H]2CCCNC2)cc1. The third kappa shape index (κ3) is 2.23. The zero-order chi connectivity index (χ0) is 9.10. The Kier molecular flexibility index (Phi) is 2.87. The lowest BCUT2D eigenvalue weighted by atomic mass is 9.92. The summed E-state index contributed by atoms with van der Waals surface area (Å²) in [6, 6.07) is 8.23. The highest BCUT2D eigenvalue weighted by Gasteiger charge is 2.14. The van der Waals surface area contributed by atoms with Gasteiger partial charge in [0.1, 0.15) is 0 Å². The summed E-state index contributed by atoms with van der Waals surface area (Å²) in [5.41, 5.74) is 1.41. The number of piperidine rings is 1. The molecule has 2 heteroatoms. The second kappa shape index (κ2) is 4.12.